The van der Waals surface area contributed by atoms with Crippen molar-refractivity contribution in [2.45, 2.75) is 0 Å². The van der Waals surface area contributed by atoms with Gasteiger partial charge in [-0.2, -0.15) is 0 Å². The van der Waals surface area contributed by atoms with Crippen molar-refractivity contribution in [3.63, 3.8) is 0 Å². The Morgan fingerprint density at radius 3 is 1.38 bits per heavy atom. The van der Waals surface area contributed by atoms with E-state index >= 15 is 0 Å². The summed E-state index contributed by atoms with van der Waals surface area (Å²) < 4.78 is 8.74. The number of hydrogen-bond donors (Lipinski definition) is 3. The summed E-state index contributed by atoms with van der Waals surface area (Å²) in [6.07, 6.45) is 0. The minimum absolute atomic E-state index is 0. The minimum atomic E-state index is -3.13. The van der Waals surface area contributed by atoms with Gasteiger partial charge in [-0.25, -0.2) is 0 Å². The van der Waals surface area contributed by atoms with Crippen LogP contribution in [-0.2, 0) is 28.7 Å². The quantitative estimate of drug-likeness (QED) is 0.305. The molecule has 0 unspecified atom stereocenters. The SMILES string of the molecule is O=CO.O=[Si](O)O.[Zn]. The number of carboxylic acid groups (broad SMARTS) is 1. The second-order valence-corrected chi connectivity index (χ2v) is 0.953. The number of rotatable bonds is 0. The largest absolute Gasteiger partial charge is 0.761 e. The van der Waals surface area contributed by atoms with Crippen LogP contribution in [0.2, 0.25) is 0 Å². The summed E-state index contributed by atoms with van der Waals surface area (Å²) in [6, 6.07) is 0. The van der Waals surface area contributed by atoms with Gasteiger partial charge in [0.2, 0.25) is 0 Å². The fourth-order valence-electron chi connectivity index (χ4n) is 0. The van der Waals surface area contributed by atoms with Gasteiger partial charge in [0.15, 0.2) is 0 Å². The van der Waals surface area contributed by atoms with Crippen LogP contribution in [0.1, 0.15) is 0 Å². The summed E-state index contributed by atoms with van der Waals surface area (Å²) in [5.41, 5.74) is 0. The normalized spacial score (nSPS) is 4.50. The summed E-state index contributed by atoms with van der Waals surface area (Å²) in [7, 11) is -3.13. The molecule has 0 fully saturated rings. The van der Waals surface area contributed by atoms with E-state index in [1.165, 1.54) is 0 Å². The van der Waals surface area contributed by atoms with Crippen molar-refractivity contribution in [3.8, 4) is 0 Å². The van der Waals surface area contributed by atoms with E-state index in [2.05, 4.69) is 0 Å². The maximum absolute atomic E-state index is 8.74. The zero-order valence-corrected chi connectivity index (χ0v) is 7.91. The number of hydrogen-bond acceptors (Lipinski definition) is 2. The second kappa shape index (κ2) is 15.9. The molecule has 0 saturated heterocycles. The van der Waals surface area contributed by atoms with E-state index in [1.807, 2.05) is 0 Å². The molecule has 0 atom stereocenters. The monoisotopic (exact) mass is 188 g/mol. The first-order valence-electron chi connectivity index (χ1n) is 1.15. The van der Waals surface area contributed by atoms with E-state index in [0.717, 1.165) is 0 Å². The molecule has 0 bridgehead atoms. The molecule has 0 aromatic heterocycles. The Balaban J connectivity index is -0.0000000575. The van der Waals surface area contributed by atoms with Crippen molar-refractivity contribution in [2.24, 2.45) is 0 Å². The van der Waals surface area contributed by atoms with Gasteiger partial charge in [0.05, 0.1) is 0 Å². The van der Waals surface area contributed by atoms with Crippen LogP contribution in [0, 0.1) is 0 Å². The van der Waals surface area contributed by atoms with Gasteiger partial charge < -0.3 is 14.7 Å². The molecule has 0 aromatic rings. The maximum Gasteiger partial charge on any atom is 0.761 e. The molecule has 0 amide bonds. The molecule has 44 valence electrons. The molecule has 0 spiro atoms. The molecule has 3 N–H and O–H groups in total. The smallest absolute Gasteiger partial charge is 0.511 e. The van der Waals surface area contributed by atoms with Crippen molar-refractivity contribution in [2.75, 3.05) is 0 Å². The number of carbonyl (C=O) groups is 1. The van der Waals surface area contributed by atoms with Gasteiger partial charge in [-0.3, -0.25) is 9.26 Å². The molecule has 0 heterocycles. The predicted molar refractivity (Wildman–Crippen MR) is 19.6 cm³/mol. The zero-order valence-electron chi connectivity index (χ0n) is 3.94. The first-order chi connectivity index (χ1) is 3.15. The summed E-state index contributed by atoms with van der Waals surface area (Å²) in [4.78, 5) is 22.7. The third kappa shape index (κ3) is 1510. The van der Waals surface area contributed by atoms with E-state index in [0.29, 0.717) is 0 Å². The fourth-order valence-corrected chi connectivity index (χ4v) is 0. The van der Waals surface area contributed by atoms with Crippen LogP contribution in [0.3, 0.4) is 0 Å². The summed E-state index contributed by atoms with van der Waals surface area (Å²) in [5.74, 6) is 0. The van der Waals surface area contributed by atoms with E-state index < -0.39 is 9.17 Å². The first kappa shape index (κ1) is 15.6. The van der Waals surface area contributed by atoms with Crippen LogP contribution in [0.15, 0.2) is 0 Å². The van der Waals surface area contributed by atoms with Crippen molar-refractivity contribution in [1.82, 2.24) is 0 Å². The molecule has 0 aliphatic heterocycles. The van der Waals surface area contributed by atoms with Gasteiger partial charge in [-0.15, -0.1) is 0 Å². The topological polar surface area (TPSA) is 94.8 Å². The average Bonchev–Trinajstić information content (AvgIpc) is 1.33. The molecule has 0 aliphatic carbocycles. The van der Waals surface area contributed by atoms with E-state index in [1.54, 1.807) is 0 Å². The van der Waals surface area contributed by atoms with Crippen LogP contribution in [-0.4, -0.2) is 30.3 Å². The molecule has 0 radical (unpaired) electrons. The van der Waals surface area contributed by atoms with Gasteiger partial charge in [-0.1, -0.05) is 0 Å². The Labute approximate surface area is 59.6 Å². The van der Waals surface area contributed by atoms with Crippen LogP contribution in [0.5, 0.6) is 0 Å². The Morgan fingerprint density at radius 2 is 1.38 bits per heavy atom. The predicted octanol–water partition coefficient (Wildman–Crippen LogP) is -1.92. The minimum Gasteiger partial charge on any atom is -0.511 e. The van der Waals surface area contributed by atoms with Crippen LogP contribution in [0.25, 0.3) is 0 Å². The van der Waals surface area contributed by atoms with Crippen molar-refractivity contribution >= 4 is 15.6 Å². The van der Waals surface area contributed by atoms with E-state index in [9.17, 15) is 0 Å². The molecule has 0 aliphatic rings. The van der Waals surface area contributed by atoms with Crippen molar-refractivity contribution in [1.29, 1.82) is 0 Å². The third-order valence-electron chi connectivity index (χ3n) is 0. The standard InChI is InChI=1S/CH2O2.H2O3Si.Zn/c2-1-3;1-4(2)3;/h1H,(H,2,3);1-2H;. The molecule has 0 rings (SSSR count). The van der Waals surface area contributed by atoms with Crippen molar-refractivity contribution in [3.05, 3.63) is 0 Å². The van der Waals surface area contributed by atoms with Gasteiger partial charge in [0.1, 0.15) is 0 Å². The van der Waals surface area contributed by atoms with Gasteiger partial charge >= 0.3 is 9.17 Å². The molecule has 7 heteroatoms. The summed E-state index contributed by atoms with van der Waals surface area (Å²) in [5, 5.41) is 6.89. The molecular formula is CH4O5SiZn. The Kier molecular flexibility index (Phi) is 31.1. The molecule has 8 heavy (non-hydrogen) atoms. The maximum atomic E-state index is 8.74. The Hall–Kier alpha value is -0.290. The average molecular weight is 190 g/mol. The summed E-state index contributed by atoms with van der Waals surface area (Å²) >= 11 is 0. The van der Waals surface area contributed by atoms with Gasteiger partial charge in [0, 0.05) is 19.5 Å². The van der Waals surface area contributed by atoms with Crippen LogP contribution in [0.4, 0.5) is 0 Å². The van der Waals surface area contributed by atoms with Crippen molar-refractivity contribution < 1.29 is 43.4 Å². The molecule has 5 nitrogen and oxygen atoms in total. The molecular weight excluding hydrogens is 185 g/mol. The third-order valence-corrected chi connectivity index (χ3v) is 0. The Bertz CT molecular complexity index is 59.4. The molecule has 0 saturated carbocycles. The zero-order chi connectivity index (χ0) is 6.28. The molecule has 0 aromatic carbocycles. The van der Waals surface area contributed by atoms with Gasteiger partial charge in [-0.05, 0) is 0 Å². The van der Waals surface area contributed by atoms with E-state index in [-0.39, 0.29) is 26.0 Å². The van der Waals surface area contributed by atoms with Crippen LogP contribution < -0.4 is 0 Å². The van der Waals surface area contributed by atoms with Crippen LogP contribution >= 0.6 is 0 Å². The van der Waals surface area contributed by atoms with Gasteiger partial charge in [0.25, 0.3) is 6.47 Å². The summed E-state index contributed by atoms with van der Waals surface area (Å²) in [6.45, 7) is -0.250. The van der Waals surface area contributed by atoms with E-state index in [4.69, 9.17) is 24.0 Å². The Morgan fingerprint density at radius 1 is 1.38 bits per heavy atom. The fraction of sp³-hybridized carbons (Fsp3) is 0. The first-order valence-corrected chi connectivity index (χ1v) is 2.45. The second-order valence-electron chi connectivity index (χ2n) is 0.388.